The molecule has 0 radical (unpaired) electrons. The smallest absolute Gasteiger partial charge is 0.357 e. The van der Waals surface area contributed by atoms with Crippen molar-refractivity contribution in [3.63, 3.8) is 0 Å². The zero-order valence-corrected chi connectivity index (χ0v) is 11.1. The summed E-state index contributed by atoms with van der Waals surface area (Å²) in [6.45, 7) is 0.442. The van der Waals surface area contributed by atoms with Gasteiger partial charge < -0.3 is 5.11 Å². The quantitative estimate of drug-likeness (QED) is 0.752. The minimum atomic E-state index is -1.03. The van der Waals surface area contributed by atoms with Gasteiger partial charge in [-0.3, -0.25) is 4.68 Å². The summed E-state index contributed by atoms with van der Waals surface area (Å²) in [5, 5.41) is 14.4. The molecule has 2 aromatic heterocycles. The van der Waals surface area contributed by atoms with Gasteiger partial charge in [-0.25, -0.2) is 9.78 Å². The number of pyridine rings is 1. The molecule has 0 spiro atoms. The highest BCUT2D eigenvalue weighted by Crippen LogP contribution is 2.19. The van der Waals surface area contributed by atoms with E-state index in [1.165, 1.54) is 0 Å². The van der Waals surface area contributed by atoms with Crippen molar-refractivity contribution in [2.45, 2.75) is 6.54 Å². The Morgan fingerprint density at radius 1 is 1.25 bits per heavy atom. The molecular formula is C14H10ClN3O2. The Labute approximate surface area is 119 Å². The van der Waals surface area contributed by atoms with Crippen molar-refractivity contribution >= 4 is 28.5 Å². The zero-order valence-electron chi connectivity index (χ0n) is 10.3. The highest BCUT2D eigenvalue weighted by molar-refractivity contribution is 6.29. The number of halogens is 1. The van der Waals surface area contributed by atoms with Crippen molar-refractivity contribution in [2.24, 2.45) is 0 Å². The first-order valence-electron chi connectivity index (χ1n) is 5.94. The van der Waals surface area contributed by atoms with Crippen LogP contribution in [0.15, 0.2) is 42.6 Å². The molecule has 0 atom stereocenters. The molecule has 0 aliphatic heterocycles. The Hall–Kier alpha value is -2.40. The van der Waals surface area contributed by atoms with E-state index in [-0.39, 0.29) is 5.69 Å². The number of hydrogen-bond donors (Lipinski definition) is 1. The largest absolute Gasteiger partial charge is 0.476 e. The number of hydrogen-bond acceptors (Lipinski definition) is 3. The van der Waals surface area contributed by atoms with E-state index in [1.807, 2.05) is 18.2 Å². The van der Waals surface area contributed by atoms with Crippen LogP contribution >= 0.6 is 11.6 Å². The van der Waals surface area contributed by atoms with E-state index in [9.17, 15) is 9.90 Å². The van der Waals surface area contributed by atoms with Crippen LogP contribution in [0.25, 0.3) is 10.9 Å². The summed E-state index contributed by atoms with van der Waals surface area (Å²) < 4.78 is 1.66. The van der Waals surface area contributed by atoms with Crippen LogP contribution in [-0.2, 0) is 6.54 Å². The number of carboxylic acid groups (broad SMARTS) is 1. The van der Waals surface area contributed by atoms with Gasteiger partial charge >= 0.3 is 5.97 Å². The van der Waals surface area contributed by atoms with Crippen LogP contribution in [-0.4, -0.2) is 25.8 Å². The predicted octanol–water partition coefficient (Wildman–Crippen LogP) is 2.83. The number of carboxylic acids is 1. The highest BCUT2D eigenvalue weighted by atomic mass is 35.5. The first-order valence-corrected chi connectivity index (χ1v) is 6.32. The third-order valence-electron chi connectivity index (χ3n) is 2.98. The lowest BCUT2D eigenvalue weighted by molar-refractivity contribution is 0.0691. The average molecular weight is 288 g/mol. The number of nitrogens with zero attached hydrogens (tertiary/aromatic N) is 3. The molecule has 3 rings (SSSR count). The van der Waals surface area contributed by atoms with Crippen LogP contribution in [0.4, 0.5) is 0 Å². The van der Waals surface area contributed by atoms with E-state index >= 15 is 0 Å². The summed E-state index contributed by atoms with van der Waals surface area (Å²) in [5.74, 6) is -1.03. The lowest BCUT2D eigenvalue weighted by Crippen LogP contribution is -2.04. The molecule has 5 nitrogen and oxygen atoms in total. The Morgan fingerprint density at radius 3 is 2.75 bits per heavy atom. The minimum absolute atomic E-state index is 0.0579. The molecule has 20 heavy (non-hydrogen) atoms. The number of rotatable bonds is 3. The Balaban J connectivity index is 2.07. The fraction of sp³-hybridized carbons (Fsp3) is 0.0714. The molecule has 3 aromatic rings. The number of benzene rings is 1. The van der Waals surface area contributed by atoms with Crippen molar-refractivity contribution in [3.05, 3.63) is 59.0 Å². The lowest BCUT2D eigenvalue weighted by Gasteiger charge is -2.03. The Bertz CT molecular complexity index is 781. The molecule has 0 aliphatic carbocycles. The highest BCUT2D eigenvalue weighted by Gasteiger charge is 2.15. The maximum absolute atomic E-state index is 11.2. The van der Waals surface area contributed by atoms with Crippen LogP contribution < -0.4 is 0 Å². The monoisotopic (exact) mass is 287 g/mol. The van der Waals surface area contributed by atoms with E-state index in [4.69, 9.17) is 11.6 Å². The first-order chi connectivity index (χ1) is 9.65. The molecule has 2 heterocycles. The van der Waals surface area contributed by atoms with Crippen molar-refractivity contribution in [1.29, 1.82) is 0 Å². The van der Waals surface area contributed by atoms with Gasteiger partial charge in [-0.15, -0.1) is 0 Å². The molecule has 0 saturated carbocycles. The van der Waals surface area contributed by atoms with Crippen LogP contribution in [0.2, 0.25) is 5.15 Å². The number of carbonyl (C=O) groups is 1. The van der Waals surface area contributed by atoms with Crippen LogP contribution in [0.1, 0.15) is 16.1 Å². The topological polar surface area (TPSA) is 68.0 Å². The third-order valence-corrected chi connectivity index (χ3v) is 3.21. The lowest BCUT2D eigenvalue weighted by atomic mass is 10.2. The molecule has 1 aromatic carbocycles. The first kappa shape index (κ1) is 12.6. The molecular weight excluding hydrogens is 278 g/mol. The molecule has 0 saturated heterocycles. The molecule has 100 valence electrons. The Morgan fingerprint density at radius 2 is 2.05 bits per heavy atom. The van der Waals surface area contributed by atoms with Gasteiger partial charge in [0.15, 0.2) is 5.69 Å². The van der Waals surface area contributed by atoms with Gasteiger partial charge in [-0.05, 0) is 17.7 Å². The van der Waals surface area contributed by atoms with Crippen molar-refractivity contribution in [3.8, 4) is 0 Å². The summed E-state index contributed by atoms with van der Waals surface area (Å²) in [4.78, 5) is 15.2. The summed E-state index contributed by atoms with van der Waals surface area (Å²) in [5.41, 5.74) is 1.74. The summed E-state index contributed by atoms with van der Waals surface area (Å²) in [6, 6.07) is 10.8. The fourth-order valence-electron chi connectivity index (χ4n) is 2.08. The summed E-state index contributed by atoms with van der Waals surface area (Å²) >= 11 is 5.74. The standard InChI is InChI=1S/C14H10ClN3O2/c15-12-6-5-9(7-16-12)8-18-11-4-2-1-3-10(11)13(17-18)14(19)20/h1-7H,8H2,(H,19,20). The van der Waals surface area contributed by atoms with E-state index in [1.54, 1.807) is 29.1 Å². The number of para-hydroxylation sites is 1. The van der Waals surface area contributed by atoms with E-state index in [2.05, 4.69) is 10.1 Å². The van der Waals surface area contributed by atoms with Crippen molar-refractivity contribution in [1.82, 2.24) is 14.8 Å². The van der Waals surface area contributed by atoms with Crippen molar-refractivity contribution in [2.75, 3.05) is 0 Å². The van der Waals surface area contributed by atoms with E-state index < -0.39 is 5.97 Å². The molecule has 1 N–H and O–H groups in total. The normalized spacial score (nSPS) is 10.8. The van der Waals surface area contributed by atoms with Gasteiger partial charge in [0.05, 0.1) is 12.1 Å². The maximum atomic E-state index is 11.2. The zero-order chi connectivity index (χ0) is 14.1. The molecule has 0 bridgehead atoms. The minimum Gasteiger partial charge on any atom is -0.476 e. The molecule has 0 fully saturated rings. The van der Waals surface area contributed by atoms with Crippen molar-refractivity contribution < 1.29 is 9.90 Å². The molecule has 6 heteroatoms. The molecule has 0 amide bonds. The van der Waals surface area contributed by atoms with Gasteiger partial charge in [-0.1, -0.05) is 35.9 Å². The molecule has 0 unspecified atom stereocenters. The van der Waals surface area contributed by atoms with Crippen LogP contribution in [0, 0.1) is 0 Å². The maximum Gasteiger partial charge on any atom is 0.357 e. The summed E-state index contributed by atoms with van der Waals surface area (Å²) in [7, 11) is 0. The van der Waals surface area contributed by atoms with Gasteiger partial charge in [0.25, 0.3) is 0 Å². The van der Waals surface area contributed by atoms with Gasteiger partial charge in [0, 0.05) is 11.6 Å². The van der Waals surface area contributed by atoms with Crippen LogP contribution in [0.3, 0.4) is 0 Å². The second-order valence-electron chi connectivity index (χ2n) is 4.32. The van der Waals surface area contributed by atoms with E-state index in [0.717, 1.165) is 11.1 Å². The SMILES string of the molecule is O=C(O)c1nn(Cc2ccc(Cl)nc2)c2ccccc12. The fourth-order valence-corrected chi connectivity index (χ4v) is 2.19. The predicted molar refractivity (Wildman–Crippen MR) is 75.0 cm³/mol. The second kappa shape index (κ2) is 4.94. The van der Waals surface area contributed by atoms with Gasteiger partial charge in [0.2, 0.25) is 0 Å². The second-order valence-corrected chi connectivity index (χ2v) is 4.70. The Kier molecular flexibility index (Phi) is 3.12. The summed E-state index contributed by atoms with van der Waals surface area (Å²) in [6.07, 6.45) is 1.65. The van der Waals surface area contributed by atoms with Crippen LogP contribution in [0.5, 0.6) is 0 Å². The number of fused-ring (bicyclic) bond motifs is 1. The van der Waals surface area contributed by atoms with Gasteiger partial charge in [0.1, 0.15) is 5.15 Å². The number of aromatic carboxylic acids is 1. The average Bonchev–Trinajstić information content (AvgIpc) is 2.81. The number of aromatic nitrogens is 3. The van der Waals surface area contributed by atoms with E-state index in [0.29, 0.717) is 17.1 Å². The molecule has 0 aliphatic rings. The van der Waals surface area contributed by atoms with Gasteiger partial charge in [-0.2, -0.15) is 5.10 Å². The third kappa shape index (κ3) is 2.23.